The molecule has 2 atom stereocenters. The van der Waals surface area contributed by atoms with E-state index < -0.39 is 23.8 Å². The van der Waals surface area contributed by atoms with Crippen molar-refractivity contribution in [3.63, 3.8) is 0 Å². The number of carbonyl (C=O) groups excluding carboxylic acids is 3. The second-order valence-electron chi connectivity index (χ2n) is 12.8. The molecular formula is C36H55N3O5. The summed E-state index contributed by atoms with van der Waals surface area (Å²) in [6, 6.07) is 10.7. The van der Waals surface area contributed by atoms with E-state index in [1.54, 1.807) is 49.9 Å². The van der Waals surface area contributed by atoms with Gasteiger partial charge in [-0.3, -0.25) is 9.59 Å². The number of aromatic hydroxyl groups is 1. The van der Waals surface area contributed by atoms with E-state index in [-0.39, 0.29) is 24.0 Å². The van der Waals surface area contributed by atoms with Crippen molar-refractivity contribution in [3.8, 4) is 5.75 Å². The SMILES string of the molecule is CCCCCCCN(C(=O)C(Cc1ccc(O)cc1)NC(=O)OC(C)(C)C)C(C(=O)NCCCCC)c1cc(C)cc(C)c1. The fourth-order valence-electron chi connectivity index (χ4n) is 5.29. The molecule has 0 aromatic heterocycles. The van der Waals surface area contributed by atoms with Gasteiger partial charge in [0, 0.05) is 19.5 Å². The Morgan fingerprint density at radius 2 is 1.45 bits per heavy atom. The van der Waals surface area contributed by atoms with E-state index in [4.69, 9.17) is 4.74 Å². The van der Waals surface area contributed by atoms with E-state index in [1.165, 1.54) is 0 Å². The standard InChI is InChI=1S/C36H55N3O5/c1-8-10-12-13-15-21-39(32(33(41)37-20-14-11-9-2)29-23-26(3)22-27(4)24-29)34(42)31(38-35(43)44-36(5,6)7)25-28-16-18-30(40)19-17-28/h16-19,22-24,31-32,40H,8-15,20-21,25H2,1-7H3,(H,37,41)(H,38,43). The van der Waals surface area contributed by atoms with Crippen molar-refractivity contribution in [2.75, 3.05) is 13.1 Å². The highest BCUT2D eigenvalue weighted by Gasteiger charge is 2.36. The fourth-order valence-corrected chi connectivity index (χ4v) is 5.29. The lowest BCUT2D eigenvalue weighted by atomic mass is 9.97. The van der Waals surface area contributed by atoms with Gasteiger partial charge in [-0.05, 0) is 70.7 Å². The summed E-state index contributed by atoms with van der Waals surface area (Å²) >= 11 is 0. The van der Waals surface area contributed by atoms with Crippen LogP contribution in [0.4, 0.5) is 4.79 Å². The molecule has 0 saturated carbocycles. The van der Waals surface area contributed by atoms with Crippen LogP contribution in [0.25, 0.3) is 0 Å². The Labute approximate surface area is 264 Å². The van der Waals surface area contributed by atoms with Gasteiger partial charge in [0.2, 0.25) is 11.8 Å². The smallest absolute Gasteiger partial charge is 0.408 e. The van der Waals surface area contributed by atoms with E-state index in [2.05, 4.69) is 24.5 Å². The molecule has 0 bridgehead atoms. The Bertz CT molecular complexity index is 1170. The molecule has 0 saturated heterocycles. The van der Waals surface area contributed by atoms with Crippen molar-refractivity contribution in [1.29, 1.82) is 0 Å². The Hall–Kier alpha value is -3.55. The van der Waals surface area contributed by atoms with Gasteiger partial charge in [0.1, 0.15) is 23.4 Å². The highest BCUT2D eigenvalue weighted by atomic mass is 16.6. The second-order valence-corrected chi connectivity index (χ2v) is 12.8. The van der Waals surface area contributed by atoms with Crippen LogP contribution in [-0.2, 0) is 20.7 Å². The van der Waals surface area contributed by atoms with Gasteiger partial charge in [-0.15, -0.1) is 0 Å². The van der Waals surface area contributed by atoms with Crippen molar-refractivity contribution in [3.05, 3.63) is 64.7 Å². The molecule has 2 aromatic rings. The number of alkyl carbamates (subject to hydrolysis) is 1. The molecule has 0 aliphatic rings. The number of hydrogen-bond acceptors (Lipinski definition) is 5. The van der Waals surface area contributed by atoms with Crippen molar-refractivity contribution < 1.29 is 24.2 Å². The summed E-state index contributed by atoms with van der Waals surface area (Å²) < 4.78 is 5.54. The first kappa shape index (κ1) is 36.6. The number of rotatable bonds is 17. The highest BCUT2D eigenvalue weighted by molar-refractivity contribution is 5.92. The zero-order valence-corrected chi connectivity index (χ0v) is 28.0. The summed E-state index contributed by atoms with van der Waals surface area (Å²) in [5.74, 6) is -0.471. The minimum Gasteiger partial charge on any atom is -0.508 e. The fraction of sp³-hybridized carbons (Fsp3) is 0.583. The van der Waals surface area contributed by atoms with Crippen molar-refractivity contribution >= 4 is 17.9 Å². The van der Waals surface area contributed by atoms with Gasteiger partial charge >= 0.3 is 6.09 Å². The van der Waals surface area contributed by atoms with Crippen LogP contribution in [0.2, 0.25) is 0 Å². The van der Waals surface area contributed by atoms with Crippen LogP contribution in [0.1, 0.15) is 114 Å². The Balaban J connectivity index is 2.56. The van der Waals surface area contributed by atoms with Gasteiger partial charge in [-0.2, -0.15) is 0 Å². The number of unbranched alkanes of at least 4 members (excludes halogenated alkanes) is 6. The molecule has 2 rings (SSSR count). The molecule has 0 aliphatic carbocycles. The van der Waals surface area contributed by atoms with Gasteiger partial charge in [0.05, 0.1) is 0 Å². The van der Waals surface area contributed by atoms with Crippen LogP contribution in [0, 0.1) is 13.8 Å². The third-order valence-corrected chi connectivity index (χ3v) is 7.35. The Morgan fingerprint density at radius 1 is 0.864 bits per heavy atom. The normalized spacial score (nSPS) is 12.7. The van der Waals surface area contributed by atoms with Crippen LogP contribution in [-0.4, -0.2) is 52.6 Å². The minimum absolute atomic E-state index is 0.111. The van der Waals surface area contributed by atoms with Gasteiger partial charge in [-0.1, -0.05) is 93.8 Å². The largest absolute Gasteiger partial charge is 0.508 e. The maximum atomic E-state index is 14.6. The van der Waals surface area contributed by atoms with E-state index in [9.17, 15) is 19.5 Å². The van der Waals surface area contributed by atoms with E-state index in [0.717, 1.165) is 73.6 Å². The highest BCUT2D eigenvalue weighted by Crippen LogP contribution is 2.27. The zero-order valence-electron chi connectivity index (χ0n) is 28.0. The van der Waals surface area contributed by atoms with Crippen LogP contribution < -0.4 is 10.6 Å². The molecule has 8 nitrogen and oxygen atoms in total. The first-order chi connectivity index (χ1) is 20.8. The maximum absolute atomic E-state index is 14.6. The van der Waals surface area contributed by atoms with E-state index in [0.29, 0.717) is 13.1 Å². The molecule has 2 unspecified atom stereocenters. The lowest BCUT2D eigenvalue weighted by Gasteiger charge is -2.35. The molecule has 8 heteroatoms. The van der Waals surface area contributed by atoms with Crippen LogP contribution in [0.5, 0.6) is 5.75 Å². The molecule has 2 aromatic carbocycles. The lowest BCUT2D eigenvalue weighted by Crippen LogP contribution is -2.54. The van der Waals surface area contributed by atoms with Crippen LogP contribution in [0.15, 0.2) is 42.5 Å². The molecule has 0 aliphatic heterocycles. The molecule has 0 spiro atoms. The molecule has 3 amide bonds. The molecule has 44 heavy (non-hydrogen) atoms. The summed E-state index contributed by atoms with van der Waals surface area (Å²) in [4.78, 5) is 43.3. The maximum Gasteiger partial charge on any atom is 0.408 e. The summed E-state index contributed by atoms with van der Waals surface area (Å²) in [6.07, 6.45) is 7.27. The quantitative estimate of drug-likeness (QED) is 0.163. The Kier molecular flexibility index (Phi) is 15.2. The average molecular weight is 610 g/mol. The number of phenols is 1. The molecule has 0 fully saturated rings. The number of benzene rings is 2. The van der Waals surface area contributed by atoms with E-state index >= 15 is 0 Å². The topological polar surface area (TPSA) is 108 Å². The lowest BCUT2D eigenvalue weighted by molar-refractivity contribution is -0.142. The predicted octanol–water partition coefficient (Wildman–Crippen LogP) is 7.29. The molecule has 3 N–H and O–H groups in total. The van der Waals surface area contributed by atoms with Crippen molar-refractivity contribution in [1.82, 2.24) is 15.5 Å². The summed E-state index contributed by atoms with van der Waals surface area (Å²) in [5, 5.41) is 15.7. The minimum atomic E-state index is -0.994. The predicted molar refractivity (Wildman–Crippen MR) is 177 cm³/mol. The number of hydrogen-bond donors (Lipinski definition) is 3. The first-order valence-corrected chi connectivity index (χ1v) is 16.3. The van der Waals surface area contributed by atoms with Gasteiger partial charge in [-0.25, -0.2) is 4.79 Å². The van der Waals surface area contributed by atoms with Crippen LogP contribution in [0.3, 0.4) is 0 Å². The molecule has 0 radical (unpaired) electrons. The number of nitrogens with one attached hydrogen (secondary N) is 2. The molecular weight excluding hydrogens is 554 g/mol. The Morgan fingerprint density at radius 3 is 2.05 bits per heavy atom. The van der Waals surface area contributed by atoms with Crippen molar-refractivity contribution in [2.24, 2.45) is 0 Å². The number of ether oxygens (including phenoxy) is 1. The van der Waals surface area contributed by atoms with E-state index in [1.807, 2.05) is 32.0 Å². The van der Waals surface area contributed by atoms with Gasteiger partial charge < -0.3 is 25.4 Å². The third kappa shape index (κ3) is 13.0. The summed E-state index contributed by atoms with van der Waals surface area (Å²) in [7, 11) is 0. The number of phenolic OH excluding ortho intramolecular Hbond substituents is 1. The third-order valence-electron chi connectivity index (χ3n) is 7.35. The summed E-state index contributed by atoms with van der Waals surface area (Å²) in [6.45, 7) is 14.4. The monoisotopic (exact) mass is 609 g/mol. The average Bonchev–Trinajstić information content (AvgIpc) is 2.93. The van der Waals surface area contributed by atoms with Gasteiger partial charge in [0.25, 0.3) is 0 Å². The number of aryl methyl sites for hydroxylation is 2. The first-order valence-electron chi connectivity index (χ1n) is 16.3. The van der Waals surface area contributed by atoms with Crippen molar-refractivity contribution in [2.45, 2.75) is 124 Å². The summed E-state index contributed by atoms with van der Waals surface area (Å²) in [5.41, 5.74) is 2.76. The van der Waals surface area contributed by atoms with Gasteiger partial charge in [0.15, 0.2) is 0 Å². The number of carbonyl (C=O) groups is 3. The number of amides is 3. The second kappa shape index (κ2) is 18.3. The van der Waals surface area contributed by atoms with Crippen LogP contribution >= 0.6 is 0 Å². The molecule has 244 valence electrons. The molecule has 0 heterocycles. The number of nitrogens with zero attached hydrogens (tertiary/aromatic N) is 1. The zero-order chi connectivity index (χ0) is 32.7.